The Morgan fingerprint density at radius 3 is 2.56 bits per heavy atom. The average molecular weight is 498 g/mol. The molecule has 1 atom stereocenters. The number of benzene rings is 2. The Labute approximate surface area is 206 Å². The number of nitrogens with zero attached hydrogens (tertiary/aromatic N) is 2. The maximum Gasteiger partial charge on any atom is 0.343 e. The third-order valence-corrected chi connectivity index (χ3v) is 4.62. The van der Waals surface area contributed by atoms with E-state index in [1.807, 2.05) is 0 Å². The number of amides is 1. The molecule has 0 fully saturated rings. The smallest absolute Gasteiger partial charge is 0.343 e. The molecule has 1 heterocycles. The van der Waals surface area contributed by atoms with Gasteiger partial charge in [-0.15, -0.1) is 0 Å². The van der Waals surface area contributed by atoms with Gasteiger partial charge in [0, 0.05) is 30.2 Å². The minimum absolute atomic E-state index is 0.0487. The number of aliphatic hydroxyl groups excluding tert-OH is 2. The molecule has 1 amide bonds. The van der Waals surface area contributed by atoms with Crippen molar-refractivity contribution < 1.29 is 34.4 Å². The normalized spacial score (nSPS) is 11.3. The van der Waals surface area contributed by atoms with Gasteiger partial charge in [-0.2, -0.15) is 4.98 Å². The largest absolute Gasteiger partial charge is 0.508 e. The third-order valence-electron chi connectivity index (χ3n) is 4.62. The number of nitrogens with one attached hydrogen (secondary N) is 3. The van der Waals surface area contributed by atoms with Crippen molar-refractivity contribution in [3.05, 3.63) is 60.3 Å². The van der Waals surface area contributed by atoms with Gasteiger partial charge < -0.3 is 40.7 Å². The molecule has 36 heavy (non-hydrogen) atoms. The zero-order valence-electron chi connectivity index (χ0n) is 19.5. The van der Waals surface area contributed by atoms with Gasteiger partial charge in [0.2, 0.25) is 5.95 Å². The Kier molecular flexibility index (Phi) is 9.37. The minimum atomic E-state index is -1.02. The fourth-order valence-corrected chi connectivity index (χ4v) is 2.88. The lowest BCUT2D eigenvalue weighted by atomic mass is 10.2. The Morgan fingerprint density at radius 2 is 1.86 bits per heavy atom. The summed E-state index contributed by atoms with van der Waals surface area (Å²) in [5.41, 5.74) is 1.26. The van der Waals surface area contributed by atoms with Gasteiger partial charge in [-0.3, -0.25) is 4.79 Å². The van der Waals surface area contributed by atoms with Gasteiger partial charge in [0.25, 0.3) is 5.91 Å². The highest BCUT2D eigenvalue weighted by molar-refractivity contribution is 5.95. The van der Waals surface area contributed by atoms with Crippen molar-refractivity contribution in [1.29, 1.82) is 0 Å². The van der Waals surface area contributed by atoms with Crippen LogP contribution in [0, 0.1) is 0 Å². The number of aromatic nitrogens is 2. The van der Waals surface area contributed by atoms with Crippen LogP contribution in [0.3, 0.4) is 0 Å². The lowest BCUT2D eigenvalue weighted by Crippen LogP contribution is -2.36. The van der Waals surface area contributed by atoms with E-state index in [-0.39, 0.29) is 42.8 Å². The van der Waals surface area contributed by atoms with E-state index in [4.69, 9.17) is 14.6 Å². The first-order chi connectivity index (χ1) is 17.4. The minimum Gasteiger partial charge on any atom is -0.508 e. The Balaban J connectivity index is 1.67. The second-order valence-electron chi connectivity index (χ2n) is 7.43. The van der Waals surface area contributed by atoms with Gasteiger partial charge in [-0.25, -0.2) is 9.78 Å². The topological polar surface area (TPSA) is 175 Å². The highest BCUT2D eigenvalue weighted by Crippen LogP contribution is 2.25. The summed E-state index contributed by atoms with van der Waals surface area (Å²) in [6, 6.07) is 13.0. The van der Waals surface area contributed by atoms with Crippen molar-refractivity contribution in [3.8, 4) is 11.5 Å². The van der Waals surface area contributed by atoms with E-state index in [2.05, 4.69) is 25.9 Å². The molecule has 12 nitrogen and oxygen atoms in total. The Hall–Kier alpha value is -4.42. The van der Waals surface area contributed by atoms with Crippen molar-refractivity contribution in [2.75, 3.05) is 37.0 Å². The Morgan fingerprint density at radius 1 is 1.08 bits per heavy atom. The average Bonchev–Trinajstić information content (AvgIpc) is 2.87. The number of phenolic OH excluding ortho intramolecular Hbond substituents is 1. The van der Waals surface area contributed by atoms with Crippen LogP contribution < -0.4 is 20.7 Å². The van der Waals surface area contributed by atoms with Crippen LogP contribution in [-0.4, -0.2) is 69.6 Å². The maximum absolute atomic E-state index is 12.4. The molecule has 3 aromatic rings. The SMILES string of the molecule is CCOC(=O)c1cnc(Nc2ccc(OCC(=O)NCC(O)CO)cc2)nc1Nc1cccc(O)c1. The predicted molar refractivity (Wildman–Crippen MR) is 131 cm³/mol. The van der Waals surface area contributed by atoms with E-state index in [1.165, 1.54) is 18.3 Å². The molecule has 0 saturated carbocycles. The number of carbonyl (C=O) groups excluding carboxylic acids is 2. The number of aliphatic hydroxyl groups is 2. The number of anilines is 4. The van der Waals surface area contributed by atoms with Gasteiger partial charge in [-0.05, 0) is 43.3 Å². The molecule has 190 valence electrons. The molecule has 0 aliphatic heterocycles. The molecule has 3 rings (SSSR count). The Bertz CT molecular complexity index is 1170. The van der Waals surface area contributed by atoms with E-state index in [1.54, 1.807) is 43.3 Å². The predicted octanol–water partition coefficient (Wildman–Crippen LogP) is 1.69. The molecule has 1 aromatic heterocycles. The number of hydrogen-bond donors (Lipinski definition) is 6. The molecular formula is C24H27N5O7. The fraction of sp³-hybridized carbons (Fsp3) is 0.250. The van der Waals surface area contributed by atoms with Crippen molar-refractivity contribution >= 4 is 35.0 Å². The molecule has 6 N–H and O–H groups in total. The van der Waals surface area contributed by atoms with Crippen LogP contribution in [0.2, 0.25) is 0 Å². The molecule has 0 radical (unpaired) electrons. The van der Waals surface area contributed by atoms with E-state index >= 15 is 0 Å². The second kappa shape index (κ2) is 12.9. The standard InChI is InChI=1S/C24H27N5O7/c1-2-35-23(34)20-12-26-24(29-22(20)27-16-4-3-5-17(31)10-16)28-15-6-8-19(9-7-15)36-14-21(33)25-11-18(32)13-30/h3-10,12,18,30-32H,2,11,13-14H2,1H3,(H,25,33)(H2,26,27,28,29). The zero-order chi connectivity index (χ0) is 25.9. The summed E-state index contributed by atoms with van der Waals surface area (Å²) >= 11 is 0. The molecule has 0 bridgehead atoms. The number of hydrogen-bond acceptors (Lipinski definition) is 11. The monoisotopic (exact) mass is 497 g/mol. The number of aromatic hydroxyl groups is 1. The molecule has 0 saturated heterocycles. The van der Waals surface area contributed by atoms with Gasteiger partial charge in [0.1, 0.15) is 17.1 Å². The van der Waals surface area contributed by atoms with E-state index in [0.717, 1.165) is 0 Å². The summed E-state index contributed by atoms with van der Waals surface area (Å²) in [6.45, 7) is 1.11. The van der Waals surface area contributed by atoms with Crippen LogP contribution in [0.4, 0.5) is 23.1 Å². The van der Waals surface area contributed by atoms with Crippen molar-refractivity contribution in [3.63, 3.8) is 0 Å². The summed E-state index contributed by atoms with van der Waals surface area (Å²) < 4.78 is 10.5. The molecule has 0 aliphatic carbocycles. The summed E-state index contributed by atoms with van der Waals surface area (Å²) in [7, 11) is 0. The van der Waals surface area contributed by atoms with Gasteiger partial charge in [0.15, 0.2) is 12.4 Å². The van der Waals surface area contributed by atoms with Crippen LogP contribution in [0.5, 0.6) is 11.5 Å². The summed E-state index contributed by atoms with van der Waals surface area (Å²) in [6.07, 6.45) is 0.311. The van der Waals surface area contributed by atoms with Gasteiger partial charge >= 0.3 is 5.97 Å². The number of esters is 1. The van der Waals surface area contributed by atoms with Crippen LogP contribution in [0.25, 0.3) is 0 Å². The first-order valence-corrected chi connectivity index (χ1v) is 11.0. The van der Waals surface area contributed by atoms with Gasteiger partial charge in [0.05, 0.1) is 19.3 Å². The fourth-order valence-electron chi connectivity index (χ4n) is 2.88. The quantitative estimate of drug-likeness (QED) is 0.201. The van der Waals surface area contributed by atoms with Crippen LogP contribution >= 0.6 is 0 Å². The molecule has 12 heteroatoms. The van der Waals surface area contributed by atoms with Crippen LogP contribution in [0.1, 0.15) is 17.3 Å². The van der Waals surface area contributed by atoms with Crippen LogP contribution in [0.15, 0.2) is 54.7 Å². The summed E-state index contributed by atoms with van der Waals surface area (Å²) in [5, 5.41) is 36.2. The number of ether oxygens (including phenoxy) is 2. The summed E-state index contributed by atoms with van der Waals surface area (Å²) in [4.78, 5) is 32.7. The van der Waals surface area contributed by atoms with Crippen LogP contribution in [-0.2, 0) is 9.53 Å². The first kappa shape index (κ1) is 26.2. The van der Waals surface area contributed by atoms with E-state index < -0.39 is 24.6 Å². The molecule has 2 aromatic carbocycles. The van der Waals surface area contributed by atoms with Crippen molar-refractivity contribution in [2.24, 2.45) is 0 Å². The third kappa shape index (κ3) is 7.82. The molecule has 1 unspecified atom stereocenters. The van der Waals surface area contributed by atoms with E-state index in [0.29, 0.717) is 17.1 Å². The van der Waals surface area contributed by atoms with Crippen molar-refractivity contribution in [2.45, 2.75) is 13.0 Å². The summed E-state index contributed by atoms with van der Waals surface area (Å²) in [5.74, 6) is -0.166. The lowest BCUT2D eigenvalue weighted by Gasteiger charge is -2.13. The molecule has 0 aliphatic rings. The molecule has 0 spiro atoms. The highest BCUT2D eigenvalue weighted by Gasteiger charge is 2.17. The molecular weight excluding hydrogens is 470 g/mol. The van der Waals surface area contributed by atoms with Crippen molar-refractivity contribution in [1.82, 2.24) is 15.3 Å². The first-order valence-electron chi connectivity index (χ1n) is 11.0. The van der Waals surface area contributed by atoms with Gasteiger partial charge in [-0.1, -0.05) is 6.07 Å². The number of rotatable bonds is 12. The highest BCUT2D eigenvalue weighted by atomic mass is 16.5. The maximum atomic E-state index is 12.4. The lowest BCUT2D eigenvalue weighted by molar-refractivity contribution is -0.123. The second-order valence-corrected chi connectivity index (χ2v) is 7.43. The number of carbonyl (C=O) groups is 2. The van der Waals surface area contributed by atoms with E-state index in [9.17, 15) is 19.8 Å². The number of phenols is 1. The zero-order valence-corrected chi connectivity index (χ0v) is 19.5.